The largest absolute Gasteiger partial charge is 0.316 e. The van der Waals surface area contributed by atoms with Crippen molar-refractivity contribution in [2.45, 2.75) is 30.7 Å². The number of nitrogens with zero attached hydrogens (tertiary/aromatic N) is 4. The Morgan fingerprint density at radius 2 is 2.17 bits per heavy atom. The minimum atomic E-state index is -3.54. The fourth-order valence-corrected chi connectivity index (χ4v) is 4.56. The van der Waals surface area contributed by atoms with Crippen LogP contribution in [0.4, 0.5) is 0 Å². The van der Waals surface area contributed by atoms with Gasteiger partial charge in [0.15, 0.2) is 5.82 Å². The van der Waals surface area contributed by atoms with Gasteiger partial charge in [0, 0.05) is 25.3 Å². The summed E-state index contributed by atoms with van der Waals surface area (Å²) in [5, 5.41) is 7.39. The molecule has 1 fully saturated rings. The van der Waals surface area contributed by atoms with Crippen LogP contribution < -0.4 is 5.32 Å². The molecule has 0 bridgehead atoms. The highest BCUT2D eigenvalue weighted by atomic mass is 32.2. The van der Waals surface area contributed by atoms with E-state index in [1.807, 2.05) is 19.2 Å². The van der Waals surface area contributed by atoms with Crippen LogP contribution >= 0.6 is 0 Å². The molecule has 23 heavy (non-hydrogen) atoms. The lowest BCUT2D eigenvalue weighted by atomic mass is 10.1. The Labute approximate surface area is 136 Å². The van der Waals surface area contributed by atoms with Gasteiger partial charge in [0.05, 0.1) is 11.9 Å². The van der Waals surface area contributed by atoms with Gasteiger partial charge >= 0.3 is 0 Å². The van der Waals surface area contributed by atoms with Crippen molar-refractivity contribution in [1.82, 2.24) is 24.4 Å². The van der Waals surface area contributed by atoms with Crippen LogP contribution in [0.5, 0.6) is 0 Å². The maximum absolute atomic E-state index is 12.9. The summed E-state index contributed by atoms with van der Waals surface area (Å²) in [6, 6.07) is 5.66. The summed E-state index contributed by atoms with van der Waals surface area (Å²) < 4.78 is 29.0. The molecule has 2 aromatic rings. The molecule has 1 N–H and O–H groups in total. The van der Waals surface area contributed by atoms with Gasteiger partial charge in [0.2, 0.25) is 10.0 Å². The second-order valence-corrected chi connectivity index (χ2v) is 7.59. The van der Waals surface area contributed by atoms with Crippen LogP contribution in [0.2, 0.25) is 0 Å². The number of pyridine rings is 1. The number of hydrogen-bond acceptors (Lipinski definition) is 5. The number of aromatic nitrogens is 3. The first kappa shape index (κ1) is 16.1. The fourth-order valence-electron chi connectivity index (χ4n) is 2.89. The summed E-state index contributed by atoms with van der Waals surface area (Å²) in [7, 11) is -1.67. The first-order chi connectivity index (χ1) is 11.0. The molecule has 0 saturated carbocycles. The molecule has 8 heteroatoms. The molecular formula is C15H21N5O2S. The van der Waals surface area contributed by atoms with E-state index in [-0.39, 0.29) is 10.9 Å². The standard InChI is InChI=1S/C15H21N5O2S/c1-12-14(10-18-20(12)15-7-3-4-8-17-15)23(21,22)19-9-5-6-13(11-19)16-2/h3-4,7-8,10,13,16H,5-6,9,11H2,1-2H3. The van der Waals surface area contributed by atoms with Crippen LogP contribution in [-0.4, -0.2) is 53.7 Å². The maximum atomic E-state index is 12.9. The average Bonchev–Trinajstić information content (AvgIpc) is 2.98. The van der Waals surface area contributed by atoms with Crippen molar-refractivity contribution in [3.63, 3.8) is 0 Å². The highest BCUT2D eigenvalue weighted by molar-refractivity contribution is 7.89. The topological polar surface area (TPSA) is 80.1 Å². The van der Waals surface area contributed by atoms with E-state index in [1.165, 1.54) is 6.20 Å². The van der Waals surface area contributed by atoms with Crippen molar-refractivity contribution in [1.29, 1.82) is 0 Å². The third-order valence-corrected chi connectivity index (χ3v) is 6.21. The van der Waals surface area contributed by atoms with E-state index in [0.717, 1.165) is 12.8 Å². The molecule has 1 atom stereocenters. The lowest BCUT2D eigenvalue weighted by Crippen LogP contribution is -2.46. The third kappa shape index (κ3) is 3.01. The molecule has 1 aliphatic rings. The van der Waals surface area contributed by atoms with E-state index < -0.39 is 10.0 Å². The third-order valence-electron chi connectivity index (χ3n) is 4.24. The average molecular weight is 335 g/mol. The number of sulfonamides is 1. The van der Waals surface area contributed by atoms with Crippen LogP contribution in [0.1, 0.15) is 18.5 Å². The Balaban J connectivity index is 1.94. The van der Waals surface area contributed by atoms with Gasteiger partial charge in [-0.2, -0.15) is 9.40 Å². The first-order valence-electron chi connectivity index (χ1n) is 7.67. The predicted octanol–water partition coefficient (Wildman–Crippen LogP) is 0.948. The number of piperidine rings is 1. The minimum Gasteiger partial charge on any atom is -0.316 e. The summed E-state index contributed by atoms with van der Waals surface area (Å²) in [4.78, 5) is 4.47. The Morgan fingerprint density at radius 3 is 2.87 bits per heavy atom. The SMILES string of the molecule is CNC1CCCN(S(=O)(=O)c2cnn(-c3ccccn3)c2C)C1. The van der Waals surface area contributed by atoms with Crippen molar-refractivity contribution < 1.29 is 8.42 Å². The van der Waals surface area contributed by atoms with Gasteiger partial charge in [-0.1, -0.05) is 6.07 Å². The number of hydrogen-bond donors (Lipinski definition) is 1. The molecule has 3 heterocycles. The van der Waals surface area contributed by atoms with E-state index in [2.05, 4.69) is 15.4 Å². The first-order valence-corrected chi connectivity index (χ1v) is 9.11. The van der Waals surface area contributed by atoms with Gasteiger partial charge in [-0.25, -0.2) is 18.1 Å². The monoisotopic (exact) mass is 335 g/mol. The van der Waals surface area contributed by atoms with E-state index in [9.17, 15) is 8.42 Å². The van der Waals surface area contributed by atoms with E-state index in [0.29, 0.717) is 24.6 Å². The molecule has 0 amide bonds. The minimum absolute atomic E-state index is 0.199. The predicted molar refractivity (Wildman–Crippen MR) is 86.9 cm³/mol. The molecule has 0 aromatic carbocycles. The highest BCUT2D eigenvalue weighted by Gasteiger charge is 2.32. The van der Waals surface area contributed by atoms with Crippen LogP contribution in [0.3, 0.4) is 0 Å². The molecule has 1 aliphatic heterocycles. The van der Waals surface area contributed by atoms with E-state index in [1.54, 1.807) is 28.2 Å². The molecule has 0 spiro atoms. The zero-order valence-corrected chi connectivity index (χ0v) is 14.1. The van der Waals surface area contributed by atoms with Crippen molar-refractivity contribution in [2.24, 2.45) is 0 Å². The molecule has 7 nitrogen and oxygen atoms in total. The molecule has 0 aliphatic carbocycles. The van der Waals surface area contributed by atoms with Crippen molar-refractivity contribution in [3.05, 3.63) is 36.3 Å². The van der Waals surface area contributed by atoms with Gasteiger partial charge < -0.3 is 5.32 Å². The maximum Gasteiger partial charge on any atom is 0.246 e. The van der Waals surface area contributed by atoms with Crippen molar-refractivity contribution in [2.75, 3.05) is 20.1 Å². The Bertz CT molecular complexity index is 772. The normalized spacial score (nSPS) is 19.8. The zero-order chi connectivity index (χ0) is 16.4. The van der Waals surface area contributed by atoms with E-state index in [4.69, 9.17) is 0 Å². The van der Waals surface area contributed by atoms with Crippen molar-refractivity contribution in [3.8, 4) is 5.82 Å². The zero-order valence-electron chi connectivity index (χ0n) is 13.3. The molecule has 2 aromatic heterocycles. The number of likely N-dealkylation sites (N-methyl/N-ethyl adjacent to an activating group) is 1. The Kier molecular flexibility index (Phi) is 4.47. The summed E-state index contributed by atoms with van der Waals surface area (Å²) in [5.41, 5.74) is 0.579. The lowest BCUT2D eigenvalue weighted by Gasteiger charge is -2.31. The fraction of sp³-hybridized carbons (Fsp3) is 0.467. The quantitative estimate of drug-likeness (QED) is 0.900. The number of rotatable bonds is 4. The van der Waals surface area contributed by atoms with Gasteiger partial charge in [0.25, 0.3) is 0 Å². The summed E-state index contributed by atoms with van der Waals surface area (Å²) in [6.07, 6.45) is 4.93. The summed E-state index contributed by atoms with van der Waals surface area (Å²) in [6.45, 7) is 2.80. The van der Waals surface area contributed by atoms with Gasteiger partial charge in [-0.15, -0.1) is 0 Å². The second-order valence-electron chi connectivity index (χ2n) is 5.68. The van der Waals surface area contributed by atoms with Crippen molar-refractivity contribution >= 4 is 10.0 Å². The van der Waals surface area contributed by atoms with E-state index >= 15 is 0 Å². The molecule has 124 valence electrons. The Hall–Kier alpha value is -1.77. The molecule has 3 rings (SSSR count). The second kappa shape index (κ2) is 6.38. The van der Waals surface area contributed by atoms with Crippen LogP contribution in [0, 0.1) is 6.92 Å². The van der Waals surface area contributed by atoms with Crippen LogP contribution in [0.15, 0.2) is 35.5 Å². The van der Waals surface area contributed by atoms with Gasteiger partial charge in [-0.05, 0) is 38.9 Å². The summed E-state index contributed by atoms with van der Waals surface area (Å²) in [5.74, 6) is 0.609. The molecule has 1 unspecified atom stereocenters. The van der Waals surface area contributed by atoms with Gasteiger partial charge in [-0.3, -0.25) is 0 Å². The molecule has 0 radical (unpaired) electrons. The molecular weight excluding hydrogens is 314 g/mol. The van der Waals surface area contributed by atoms with Crippen LogP contribution in [-0.2, 0) is 10.0 Å². The van der Waals surface area contributed by atoms with Gasteiger partial charge in [0.1, 0.15) is 4.90 Å². The highest BCUT2D eigenvalue weighted by Crippen LogP contribution is 2.24. The summed E-state index contributed by atoms with van der Waals surface area (Å²) >= 11 is 0. The lowest BCUT2D eigenvalue weighted by molar-refractivity contribution is 0.292. The number of nitrogens with one attached hydrogen (secondary N) is 1. The molecule has 1 saturated heterocycles. The Morgan fingerprint density at radius 1 is 1.35 bits per heavy atom. The smallest absolute Gasteiger partial charge is 0.246 e. The van der Waals surface area contributed by atoms with Crippen LogP contribution in [0.25, 0.3) is 5.82 Å².